The summed E-state index contributed by atoms with van der Waals surface area (Å²) >= 11 is 0. The maximum atomic E-state index is 12.8. The predicted octanol–water partition coefficient (Wildman–Crippen LogP) is 0.812. The molecule has 2 amide bonds. The van der Waals surface area contributed by atoms with Crippen LogP contribution < -0.4 is 0 Å². The van der Waals surface area contributed by atoms with Gasteiger partial charge in [0.05, 0.1) is 11.3 Å². The van der Waals surface area contributed by atoms with Crippen molar-refractivity contribution in [2.45, 2.75) is 33.1 Å². The number of aliphatic hydroxyl groups is 1. The summed E-state index contributed by atoms with van der Waals surface area (Å²) in [6.07, 6.45) is 4.46. The quantitative estimate of drug-likeness (QED) is 0.858. The van der Waals surface area contributed by atoms with Crippen LogP contribution in [0, 0.1) is 18.3 Å². The van der Waals surface area contributed by atoms with Crippen LogP contribution in [-0.4, -0.2) is 69.3 Å². The van der Waals surface area contributed by atoms with Gasteiger partial charge in [0, 0.05) is 58.9 Å². The van der Waals surface area contributed by atoms with E-state index in [1.807, 2.05) is 23.8 Å². The molecule has 1 atom stereocenters. The fourth-order valence-corrected chi connectivity index (χ4v) is 4.44. The lowest BCUT2D eigenvalue weighted by atomic mass is 9.64. The molecule has 1 aromatic heterocycles. The third-order valence-electron chi connectivity index (χ3n) is 6.14. The van der Waals surface area contributed by atoms with E-state index in [2.05, 4.69) is 5.10 Å². The van der Waals surface area contributed by atoms with Crippen LogP contribution in [0.4, 0.5) is 0 Å². The maximum absolute atomic E-state index is 12.8. The number of carbonyl (C=O) groups is 2. The van der Waals surface area contributed by atoms with Gasteiger partial charge in [-0.2, -0.15) is 5.10 Å². The van der Waals surface area contributed by atoms with Crippen LogP contribution in [0.5, 0.6) is 0 Å². The number of likely N-dealkylation sites (tertiary alicyclic amines) is 2. The van der Waals surface area contributed by atoms with E-state index in [1.54, 1.807) is 17.8 Å². The zero-order valence-corrected chi connectivity index (χ0v) is 15.4. The molecule has 0 unspecified atom stereocenters. The maximum Gasteiger partial charge on any atom is 0.257 e. The number of rotatable bonds is 2. The molecule has 1 spiro atoms. The largest absolute Gasteiger partial charge is 0.396 e. The van der Waals surface area contributed by atoms with Crippen molar-refractivity contribution in [3.05, 3.63) is 17.5 Å². The van der Waals surface area contributed by atoms with Crippen LogP contribution in [0.2, 0.25) is 0 Å². The number of nitrogens with zero attached hydrogens (tertiary/aromatic N) is 4. The van der Waals surface area contributed by atoms with Crippen molar-refractivity contribution >= 4 is 11.8 Å². The van der Waals surface area contributed by atoms with E-state index < -0.39 is 0 Å². The average Bonchev–Trinajstić information content (AvgIpc) is 2.93. The molecule has 7 nitrogen and oxygen atoms in total. The number of aryl methyl sites for hydroxylation is 2. The average molecular weight is 348 g/mol. The van der Waals surface area contributed by atoms with E-state index in [0.29, 0.717) is 25.2 Å². The molecule has 25 heavy (non-hydrogen) atoms. The van der Waals surface area contributed by atoms with E-state index >= 15 is 0 Å². The lowest BCUT2D eigenvalue weighted by Crippen LogP contribution is -2.55. The standard InChI is InChI=1S/C18H28N4O3/c1-13-16(11-20(3)19-13)17(25)21-7-4-18(5-8-21)6-9-22(14(2)24)10-15(18)12-23/h11,15,23H,4-10,12H2,1-3H3/t15-/m0/s1. The third-order valence-corrected chi connectivity index (χ3v) is 6.14. The van der Waals surface area contributed by atoms with Crippen LogP contribution in [-0.2, 0) is 11.8 Å². The Morgan fingerprint density at radius 2 is 1.84 bits per heavy atom. The van der Waals surface area contributed by atoms with Gasteiger partial charge in [0.15, 0.2) is 0 Å². The van der Waals surface area contributed by atoms with E-state index in [9.17, 15) is 14.7 Å². The normalized spacial score (nSPS) is 23.1. The van der Waals surface area contributed by atoms with Gasteiger partial charge in [-0.1, -0.05) is 0 Å². The molecule has 0 aliphatic carbocycles. The van der Waals surface area contributed by atoms with Crippen molar-refractivity contribution in [3.63, 3.8) is 0 Å². The molecule has 2 aliphatic rings. The highest BCUT2D eigenvalue weighted by Crippen LogP contribution is 2.45. The lowest BCUT2D eigenvalue weighted by molar-refractivity contribution is -0.135. The molecular formula is C18H28N4O3. The summed E-state index contributed by atoms with van der Waals surface area (Å²) in [5, 5.41) is 14.1. The summed E-state index contributed by atoms with van der Waals surface area (Å²) in [4.78, 5) is 28.2. The number of aromatic nitrogens is 2. The van der Waals surface area contributed by atoms with Crippen molar-refractivity contribution in [3.8, 4) is 0 Å². The van der Waals surface area contributed by atoms with Gasteiger partial charge in [-0.3, -0.25) is 14.3 Å². The minimum atomic E-state index is 0.0431. The van der Waals surface area contributed by atoms with Crippen LogP contribution >= 0.6 is 0 Å². The van der Waals surface area contributed by atoms with Gasteiger partial charge in [0.25, 0.3) is 5.91 Å². The summed E-state index contributed by atoms with van der Waals surface area (Å²) < 4.78 is 1.67. The molecule has 138 valence electrons. The monoisotopic (exact) mass is 348 g/mol. The minimum absolute atomic E-state index is 0.0431. The number of carbonyl (C=O) groups excluding carboxylic acids is 2. The Morgan fingerprint density at radius 1 is 1.24 bits per heavy atom. The molecule has 7 heteroatoms. The minimum Gasteiger partial charge on any atom is -0.396 e. The SMILES string of the molecule is CC(=O)N1CCC2(CCN(C(=O)c3cn(C)nc3C)CC2)[C@H](CO)C1. The first kappa shape index (κ1) is 17.9. The Morgan fingerprint density at radius 3 is 2.32 bits per heavy atom. The van der Waals surface area contributed by atoms with Crippen molar-refractivity contribution < 1.29 is 14.7 Å². The first-order valence-corrected chi connectivity index (χ1v) is 9.02. The lowest BCUT2D eigenvalue weighted by Gasteiger charge is -2.51. The molecule has 2 saturated heterocycles. The molecule has 1 aromatic rings. The Kier molecular flexibility index (Phi) is 4.86. The molecule has 3 rings (SSSR count). The van der Waals surface area contributed by atoms with Gasteiger partial charge >= 0.3 is 0 Å². The first-order valence-electron chi connectivity index (χ1n) is 9.02. The summed E-state index contributed by atoms with van der Waals surface area (Å²) in [6, 6.07) is 0. The fourth-order valence-electron chi connectivity index (χ4n) is 4.44. The van der Waals surface area contributed by atoms with Crippen molar-refractivity contribution in [2.75, 3.05) is 32.8 Å². The second-order valence-corrected chi connectivity index (χ2v) is 7.55. The molecule has 0 radical (unpaired) electrons. The van der Waals surface area contributed by atoms with E-state index in [-0.39, 0.29) is 29.8 Å². The summed E-state index contributed by atoms with van der Waals surface area (Å²) in [5.41, 5.74) is 1.47. The Bertz CT molecular complexity index is 661. The molecule has 2 aliphatic heterocycles. The van der Waals surface area contributed by atoms with Gasteiger partial charge < -0.3 is 14.9 Å². The number of hydrogen-bond donors (Lipinski definition) is 1. The third kappa shape index (κ3) is 3.29. The second kappa shape index (κ2) is 6.78. The topological polar surface area (TPSA) is 78.7 Å². The number of hydrogen-bond acceptors (Lipinski definition) is 4. The van der Waals surface area contributed by atoms with Crippen LogP contribution in [0.3, 0.4) is 0 Å². The highest BCUT2D eigenvalue weighted by molar-refractivity contribution is 5.95. The van der Waals surface area contributed by atoms with Gasteiger partial charge in [-0.25, -0.2) is 0 Å². The number of aliphatic hydroxyl groups excluding tert-OH is 1. The Labute approximate surface area is 148 Å². The number of amides is 2. The molecule has 0 aromatic carbocycles. The van der Waals surface area contributed by atoms with E-state index in [1.165, 1.54) is 0 Å². The van der Waals surface area contributed by atoms with Gasteiger partial charge in [0.2, 0.25) is 5.91 Å². The van der Waals surface area contributed by atoms with Crippen LogP contribution in [0.1, 0.15) is 42.2 Å². The van der Waals surface area contributed by atoms with Gasteiger partial charge in [-0.05, 0) is 31.6 Å². The summed E-state index contributed by atoms with van der Waals surface area (Å²) in [7, 11) is 1.82. The Balaban J connectivity index is 1.67. The molecule has 1 N–H and O–H groups in total. The second-order valence-electron chi connectivity index (χ2n) is 7.55. The number of piperidine rings is 2. The first-order chi connectivity index (χ1) is 11.9. The smallest absolute Gasteiger partial charge is 0.257 e. The van der Waals surface area contributed by atoms with Crippen molar-refractivity contribution in [1.82, 2.24) is 19.6 Å². The zero-order chi connectivity index (χ0) is 18.2. The molecule has 0 saturated carbocycles. The zero-order valence-electron chi connectivity index (χ0n) is 15.4. The van der Waals surface area contributed by atoms with Crippen LogP contribution in [0.25, 0.3) is 0 Å². The highest BCUT2D eigenvalue weighted by atomic mass is 16.3. The van der Waals surface area contributed by atoms with Gasteiger partial charge in [0.1, 0.15) is 0 Å². The highest BCUT2D eigenvalue weighted by Gasteiger charge is 2.45. The van der Waals surface area contributed by atoms with Gasteiger partial charge in [-0.15, -0.1) is 0 Å². The van der Waals surface area contributed by atoms with Crippen molar-refractivity contribution in [1.29, 1.82) is 0 Å². The molecule has 0 bridgehead atoms. The predicted molar refractivity (Wildman–Crippen MR) is 93.0 cm³/mol. The Hall–Kier alpha value is -1.89. The molecule has 3 heterocycles. The van der Waals surface area contributed by atoms with Crippen LogP contribution in [0.15, 0.2) is 6.20 Å². The summed E-state index contributed by atoms with van der Waals surface area (Å²) in [6.45, 7) is 6.32. The summed E-state index contributed by atoms with van der Waals surface area (Å²) in [5.74, 6) is 0.220. The van der Waals surface area contributed by atoms with E-state index in [4.69, 9.17) is 0 Å². The molecular weight excluding hydrogens is 320 g/mol. The van der Waals surface area contributed by atoms with E-state index in [0.717, 1.165) is 31.5 Å². The molecule has 2 fully saturated rings. The fraction of sp³-hybridized carbons (Fsp3) is 0.722. The van der Waals surface area contributed by atoms with Crippen molar-refractivity contribution in [2.24, 2.45) is 18.4 Å².